The molecule has 4 nitrogen and oxygen atoms in total. The van der Waals surface area contributed by atoms with E-state index in [-0.39, 0.29) is 12.5 Å². The number of hydrogen-bond acceptors (Lipinski definition) is 3. The third kappa shape index (κ3) is 2.11. The molecular weight excluding hydrogens is 218 g/mol. The lowest BCUT2D eigenvalue weighted by Crippen LogP contribution is -2.12. The van der Waals surface area contributed by atoms with Gasteiger partial charge in [0.25, 0.3) is 0 Å². The molecule has 0 amide bonds. The van der Waals surface area contributed by atoms with Gasteiger partial charge < -0.3 is 14.0 Å². The maximum absolute atomic E-state index is 11.3. The second-order valence-corrected chi connectivity index (χ2v) is 3.87. The van der Waals surface area contributed by atoms with Gasteiger partial charge >= 0.3 is 5.97 Å². The molecule has 4 heteroatoms. The van der Waals surface area contributed by atoms with Crippen LogP contribution >= 0.6 is 0 Å². The second-order valence-electron chi connectivity index (χ2n) is 3.87. The number of benzene rings is 1. The quantitative estimate of drug-likeness (QED) is 0.762. The summed E-state index contributed by atoms with van der Waals surface area (Å²) in [4.78, 5) is 11.3. The highest BCUT2D eigenvalue weighted by Crippen LogP contribution is 2.24. The van der Waals surface area contributed by atoms with Crippen molar-refractivity contribution < 1.29 is 14.3 Å². The minimum atomic E-state index is -0.249. The fourth-order valence-corrected chi connectivity index (χ4v) is 1.92. The van der Waals surface area contributed by atoms with E-state index in [1.54, 1.807) is 7.11 Å². The van der Waals surface area contributed by atoms with Crippen LogP contribution in [0.3, 0.4) is 0 Å². The van der Waals surface area contributed by atoms with Gasteiger partial charge in [-0.1, -0.05) is 0 Å². The molecule has 0 saturated carbocycles. The van der Waals surface area contributed by atoms with Crippen molar-refractivity contribution in [1.29, 1.82) is 0 Å². The van der Waals surface area contributed by atoms with Gasteiger partial charge in [-0.25, -0.2) is 0 Å². The fraction of sp³-hybridized carbons (Fsp3) is 0.308. The largest absolute Gasteiger partial charge is 0.497 e. The molecule has 0 N–H and O–H groups in total. The van der Waals surface area contributed by atoms with E-state index in [2.05, 4.69) is 4.74 Å². The van der Waals surface area contributed by atoms with Crippen molar-refractivity contribution in [2.24, 2.45) is 0 Å². The maximum Gasteiger partial charge on any atom is 0.325 e. The van der Waals surface area contributed by atoms with Crippen molar-refractivity contribution in [2.45, 2.75) is 13.5 Å². The average molecular weight is 233 g/mol. The van der Waals surface area contributed by atoms with E-state index in [1.165, 1.54) is 7.11 Å². The molecule has 0 saturated heterocycles. The molecule has 0 fully saturated rings. The molecule has 90 valence electrons. The Hall–Kier alpha value is -1.97. The first-order valence-corrected chi connectivity index (χ1v) is 5.36. The summed E-state index contributed by atoms with van der Waals surface area (Å²) in [5.41, 5.74) is 2.03. The highest BCUT2D eigenvalue weighted by molar-refractivity contribution is 5.84. The van der Waals surface area contributed by atoms with Crippen LogP contribution in [0.25, 0.3) is 10.9 Å². The number of aromatic nitrogens is 1. The molecular formula is C13H15NO3. The number of ether oxygens (including phenoxy) is 2. The molecule has 1 heterocycles. The number of esters is 1. The Kier molecular flexibility index (Phi) is 3.04. The van der Waals surface area contributed by atoms with Crippen LogP contribution in [-0.2, 0) is 16.1 Å². The van der Waals surface area contributed by atoms with Crippen molar-refractivity contribution in [3.8, 4) is 5.75 Å². The lowest BCUT2D eigenvalue weighted by molar-refractivity contribution is -0.141. The summed E-state index contributed by atoms with van der Waals surface area (Å²) in [6.45, 7) is 2.20. The molecule has 0 aliphatic heterocycles. The van der Waals surface area contributed by atoms with Crippen molar-refractivity contribution in [1.82, 2.24) is 4.57 Å². The third-order valence-electron chi connectivity index (χ3n) is 2.83. The van der Waals surface area contributed by atoms with Crippen LogP contribution in [0.4, 0.5) is 0 Å². The molecule has 0 radical (unpaired) electrons. The number of hydrogen-bond donors (Lipinski definition) is 0. The second kappa shape index (κ2) is 4.49. The van der Waals surface area contributed by atoms with E-state index in [1.807, 2.05) is 35.8 Å². The SMILES string of the molecule is COC(=O)Cn1c(C)cc2cc(OC)ccc21. The number of fused-ring (bicyclic) bond motifs is 1. The van der Waals surface area contributed by atoms with Crippen LogP contribution in [0.5, 0.6) is 5.75 Å². The molecule has 1 aromatic heterocycles. The van der Waals surface area contributed by atoms with Crippen molar-refractivity contribution >= 4 is 16.9 Å². The Labute approximate surface area is 99.7 Å². The zero-order valence-corrected chi connectivity index (χ0v) is 10.2. The van der Waals surface area contributed by atoms with Crippen molar-refractivity contribution in [3.63, 3.8) is 0 Å². The van der Waals surface area contributed by atoms with Crippen LogP contribution in [0.15, 0.2) is 24.3 Å². The number of rotatable bonds is 3. The van der Waals surface area contributed by atoms with Gasteiger partial charge in [0.15, 0.2) is 0 Å². The molecule has 0 aliphatic rings. The first kappa shape index (κ1) is 11.5. The highest BCUT2D eigenvalue weighted by atomic mass is 16.5. The van der Waals surface area contributed by atoms with Crippen LogP contribution in [0, 0.1) is 6.92 Å². The number of methoxy groups -OCH3 is 2. The van der Waals surface area contributed by atoms with Gasteiger partial charge in [-0.2, -0.15) is 0 Å². The van der Waals surface area contributed by atoms with Gasteiger partial charge in [0.05, 0.1) is 14.2 Å². The molecule has 0 atom stereocenters. The molecule has 0 aliphatic carbocycles. The molecule has 0 bridgehead atoms. The summed E-state index contributed by atoms with van der Waals surface area (Å²) >= 11 is 0. The summed E-state index contributed by atoms with van der Waals surface area (Å²) in [6, 6.07) is 7.82. The maximum atomic E-state index is 11.3. The van der Waals surface area contributed by atoms with Gasteiger partial charge in [-0.05, 0) is 31.2 Å². The zero-order chi connectivity index (χ0) is 12.4. The molecule has 17 heavy (non-hydrogen) atoms. The first-order valence-electron chi connectivity index (χ1n) is 5.36. The number of aryl methyl sites for hydroxylation is 1. The van der Waals surface area contributed by atoms with E-state index in [9.17, 15) is 4.79 Å². The highest BCUT2D eigenvalue weighted by Gasteiger charge is 2.10. The molecule has 0 unspecified atom stereocenters. The summed E-state index contributed by atoms with van der Waals surface area (Å²) in [7, 11) is 3.03. The number of nitrogens with zero attached hydrogens (tertiary/aromatic N) is 1. The Bertz CT molecular complexity index is 557. The third-order valence-corrected chi connectivity index (χ3v) is 2.83. The predicted molar refractivity (Wildman–Crippen MR) is 65.2 cm³/mol. The van der Waals surface area contributed by atoms with Gasteiger partial charge in [0.1, 0.15) is 12.3 Å². The minimum Gasteiger partial charge on any atom is -0.497 e. The monoisotopic (exact) mass is 233 g/mol. The van der Waals surface area contributed by atoms with Crippen LogP contribution < -0.4 is 4.74 Å². The van der Waals surface area contributed by atoms with E-state index < -0.39 is 0 Å². The van der Waals surface area contributed by atoms with Gasteiger partial charge in [-0.3, -0.25) is 4.79 Å². The van der Waals surface area contributed by atoms with E-state index in [4.69, 9.17) is 4.74 Å². The Balaban J connectivity index is 2.48. The number of carbonyl (C=O) groups is 1. The Morgan fingerprint density at radius 1 is 1.29 bits per heavy atom. The fourth-order valence-electron chi connectivity index (χ4n) is 1.92. The van der Waals surface area contributed by atoms with Gasteiger partial charge in [-0.15, -0.1) is 0 Å². The number of carbonyl (C=O) groups excluding carboxylic acids is 1. The van der Waals surface area contributed by atoms with E-state index in [0.717, 1.165) is 22.3 Å². The van der Waals surface area contributed by atoms with Crippen LogP contribution in [-0.4, -0.2) is 24.8 Å². The zero-order valence-electron chi connectivity index (χ0n) is 10.2. The molecule has 1 aromatic carbocycles. The lowest BCUT2D eigenvalue weighted by atomic mass is 10.2. The molecule has 2 aromatic rings. The van der Waals surface area contributed by atoms with Gasteiger partial charge in [0.2, 0.25) is 0 Å². The topological polar surface area (TPSA) is 40.5 Å². The Morgan fingerprint density at radius 3 is 2.71 bits per heavy atom. The summed E-state index contributed by atoms with van der Waals surface area (Å²) in [5.74, 6) is 0.564. The standard InChI is InChI=1S/C13H15NO3/c1-9-6-10-7-11(16-2)4-5-12(10)14(9)8-13(15)17-3/h4-7H,8H2,1-3H3. The van der Waals surface area contributed by atoms with E-state index in [0.29, 0.717) is 0 Å². The van der Waals surface area contributed by atoms with Crippen LogP contribution in [0.1, 0.15) is 5.69 Å². The smallest absolute Gasteiger partial charge is 0.325 e. The summed E-state index contributed by atoms with van der Waals surface area (Å²) in [5, 5.41) is 1.06. The average Bonchev–Trinajstić information content (AvgIpc) is 2.64. The summed E-state index contributed by atoms with van der Waals surface area (Å²) < 4.78 is 11.8. The minimum absolute atomic E-state index is 0.234. The Morgan fingerprint density at radius 2 is 2.06 bits per heavy atom. The van der Waals surface area contributed by atoms with Gasteiger partial charge in [0, 0.05) is 16.6 Å². The predicted octanol–water partition coefficient (Wildman–Crippen LogP) is 2.13. The summed E-state index contributed by atoms with van der Waals surface area (Å²) in [6.07, 6.45) is 0. The lowest BCUT2D eigenvalue weighted by Gasteiger charge is -2.06. The van der Waals surface area contributed by atoms with E-state index >= 15 is 0 Å². The van der Waals surface area contributed by atoms with Crippen molar-refractivity contribution in [2.75, 3.05) is 14.2 Å². The van der Waals surface area contributed by atoms with Crippen LogP contribution in [0.2, 0.25) is 0 Å². The van der Waals surface area contributed by atoms with Crippen molar-refractivity contribution in [3.05, 3.63) is 30.0 Å². The normalized spacial score (nSPS) is 10.5. The molecule has 0 spiro atoms. The molecule has 2 rings (SSSR count). The first-order chi connectivity index (χ1) is 8.15.